The van der Waals surface area contributed by atoms with E-state index in [2.05, 4.69) is 10.1 Å². The van der Waals surface area contributed by atoms with Crippen LogP contribution in [0.15, 0.2) is 28.8 Å². The monoisotopic (exact) mass is 393 g/mol. The number of halogens is 2. The van der Waals surface area contributed by atoms with E-state index >= 15 is 4.39 Å². The van der Waals surface area contributed by atoms with E-state index in [4.69, 9.17) is 20.9 Å². The second kappa shape index (κ2) is 7.56. The van der Waals surface area contributed by atoms with E-state index in [1.807, 2.05) is 12.1 Å². The zero-order chi connectivity index (χ0) is 18.9. The number of carbonyl (C=O) groups excluding carboxylic acids is 1. The van der Waals surface area contributed by atoms with Crippen LogP contribution in [0.5, 0.6) is 0 Å². The summed E-state index contributed by atoms with van der Waals surface area (Å²) < 4.78 is 26.0. The van der Waals surface area contributed by atoms with E-state index in [-0.39, 0.29) is 37.1 Å². The van der Waals surface area contributed by atoms with Gasteiger partial charge in [0.05, 0.1) is 13.0 Å². The normalized spacial score (nSPS) is 23.7. The number of hydrogen-bond donors (Lipinski definition) is 0. The first-order valence-corrected chi connectivity index (χ1v) is 9.55. The summed E-state index contributed by atoms with van der Waals surface area (Å²) in [7, 11) is 0. The van der Waals surface area contributed by atoms with Crippen molar-refractivity contribution < 1.29 is 18.4 Å². The Kier molecular flexibility index (Phi) is 5.14. The van der Waals surface area contributed by atoms with Crippen LogP contribution >= 0.6 is 11.6 Å². The number of alkyl halides is 1. The molecule has 1 atom stereocenters. The van der Waals surface area contributed by atoms with Crippen LogP contribution in [0.2, 0.25) is 5.02 Å². The number of nitrogens with zero attached hydrogens (tertiary/aromatic N) is 3. The van der Waals surface area contributed by atoms with E-state index in [0.717, 1.165) is 18.4 Å². The minimum atomic E-state index is -1.80. The van der Waals surface area contributed by atoms with Gasteiger partial charge in [-0.3, -0.25) is 4.79 Å². The largest absolute Gasteiger partial charge is 0.381 e. The molecule has 6 nitrogen and oxygen atoms in total. The maximum absolute atomic E-state index is 15.4. The van der Waals surface area contributed by atoms with Crippen LogP contribution in [0, 0.1) is 0 Å². The molecule has 27 heavy (non-hydrogen) atoms. The highest BCUT2D eigenvalue weighted by Gasteiger charge is 2.46. The summed E-state index contributed by atoms with van der Waals surface area (Å²) in [6, 6.07) is 7.18. The molecule has 1 unspecified atom stereocenters. The van der Waals surface area contributed by atoms with E-state index in [9.17, 15) is 4.79 Å². The molecule has 4 rings (SSSR count). The highest BCUT2D eigenvalue weighted by atomic mass is 35.5. The second-order valence-corrected chi connectivity index (χ2v) is 7.55. The summed E-state index contributed by atoms with van der Waals surface area (Å²) in [6.45, 7) is 1.54. The molecule has 3 heterocycles. The Morgan fingerprint density at radius 1 is 1.33 bits per heavy atom. The molecule has 0 aliphatic carbocycles. The van der Waals surface area contributed by atoms with Crippen molar-refractivity contribution in [2.45, 2.75) is 37.3 Å². The van der Waals surface area contributed by atoms with Crippen molar-refractivity contribution in [1.82, 2.24) is 15.0 Å². The molecule has 144 valence electrons. The molecule has 8 heteroatoms. The van der Waals surface area contributed by atoms with E-state index < -0.39 is 5.67 Å². The standard InChI is InChI=1S/C19H21ClFN3O3/c20-15-4-2-1-3-14(15)11-16(25)24-8-7-19(21,12-24)18-22-17(23-27-18)13-5-9-26-10-6-13/h1-4,13H,5-12H2. The van der Waals surface area contributed by atoms with Crippen molar-refractivity contribution in [3.05, 3.63) is 46.6 Å². The van der Waals surface area contributed by atoms with Gasteiger partial charge in [0, 0.05) is 37.1 Å². The van der Waals surface area contributed by atoms with E-state index in [1.54, 1.807) is 12.1 Å². The fraction of sp³-hybridized carbons (Fsp3) is 0.526. The predicted octanol–water partition coefficient (Wildman–Crippen LogP) is 3.26. The molecule has 2 fully saturated rings. The zero-order valence-electron chi connectivity index (χ0n) is 14.9. The third kappa shape index (κ3) is 3.84. The minimum absolute atomic E-state index is 0.0305. The maximum Gasteiger partial charge on any atom is 0.266 e. The van der Waals surface area contributed by atoms with Crippen LogP contribution in [-0.4, -0.2) is 47.3 Å². The Bertz CT molecular complexity index is 824. The minimum Gasteiger partial charge on any atom is -0.381 e. The molecule has 1 aromatic carbocycles. The van der Waals surface area contributed by atoms with Gasteiger partial charge < -0.3 is 14.2 Å². The van der Waals surface area contributed by atoms with Crippen molar-refractivity contribution in [1.29, 1.82) is 0 Å². The van der Waals surface area contributed by atoms with Gasteiger partial charge in [-0.15, -0.1) is 0 Å². The Labute approximate surface area is 161 Å². The van der Waals surface area contributed by atoms with Crippen LogP contribution in [0.25, 0.3) is 0 Å². The third-order valence-electron chi connectivity index (χ3n) is 5.28. The topological polar surface area (TPSA) is 68.5 Å². The Morgan fingerprint density at radius 3 is 2.89 bits per heavy atom. The van der Waals surface area contributed by atoms with Gasteiger partial charge in [-0.2, -0.15) is 4.98 Å². The molecule has 2 aromatic rings. The van der Waals surface area contributed by atoms with E-state index in [1.165, 1.54) is 4.90 Å². The van der Waals surface area contributed by atoms with Crippen LogP contribution in [0.4, 0.5) is 4.39 Å². The van der Waals surface area contributed by atoms with Crippen molar-refractivity contribution in [3.8, 4) is 0 Å². The van der Waals surface area contributed by atoms with Gasteiger partial charge in [0.15, 0.2) is 5.82 Å². The summed E-state index contributed by atoms with van der Waals surface area (Å²) >= 11 is 6.12. The van der Waals surface area contributed by atoms with Gasteiger partial charge in [-0.1, -0.05) is 35.0 Å². The quantitative estimate of drug-likeness (QED) is 0.797. The van der Waals surface area contributed by atoms with Crippen molar-refractivity contribution in [2.75, 3.05) is 26.3 Å². The van der Waals surface area contributed by atoms with Crippen LogP contribution < -0.4 is 0 Å². The SMILES string of the molecule is O=C(Cc1ccccc1Cl)N1CCC(F)(c2nc(C3CCOCC3)no2)C1. The van der Waals surface area contributed by atoms with Gasteiger partial charge in [0.1, 0.15) is 0 Å². The number of likely N-dealkylation sites (tertiary alicyclic amines) is 1. The lowest BCUT2D eigenvalue weighted by Crippen LogP contribution is -2.33. The average Bonchev–Trinajstić information content (AvgIpc) is 3.33. The molecule has 2 aliphatic rings. The molecule has 0 N–H and O–H groups in total. The number of ether oxygens (including phenoxy) is 1. The molecule has 2 aliphatic heterocycles. The molecular weight excluding hydrogens is 373 g/mol. The first kappa shape index (κ1) is 18.4. The lowest BCUT2D eigenvalue weighted by molar-refractivity contribution is -0.130. The lowest BCUT2D eigenvalue weighted by atomic mass is 9.99. The first-order valence-electron chi connectivity index (χ1n) is 9.17. The average molecular weight is 394 g/mol. The maximum atomic E-state index is 15.4. The second-order valence-electron chi connectivity index (χ2n) is 7.14. The Balaban J connectivity index is 1.42. The number of carbonyl (C=O) groups is 1. The first-order chi connectivity index (χ1) is 13.0. The third-order valence-corrected chi connectivity index (χ3v) is 5.65. The molecule has 0 saturated carbocycles. The number of rotatable bonds is 4. The van der Waals surface area contributed by atoms with Gasteiger partial charge in [0.2, 0.25) is 11.6 Å². The lowest BCUT2D eigenvalue weighted by Gasteiger charge is -2.19. The molecule has 2 saturated heterocycles. The van der Waals surface area contributed by atoms with Crippen LogP contribution in [-0.2, 0) is 21.6 Å². The number of amides is 1. The smallest absolute Gasteiger partial charge is 0.266 e. The Morgan fingerprint density at radius 2 is 2.11 bits per heavy atom. The van der Waals surface area contributed by atoms with Gasteiger partial charge in [-0.05, 0) is 24.5 Å². The summed E-state index contributed by atoms with van der Waals surface area (Å²) in [5.74, 6) is 0.481. The molecular formula is C19H21ClFN3O3. The number of hydrogen-bond acceptors (Lipinski definition) is 5. The Hall–Kier alpha value is -1.99. The van der Waals surface area contributed by atoms with Crippen molar-refractivity contribution in [3.63, 3.8) is 0 Å². The zero-order valence-corrected chi connectivity index (χ0v) is 15.6. The molecule has 1 aromatic heterocycles. The fourth-order valence-electron chi connectivity index (χ4n) is 3.62. The summed E-state index contributed by atoms with van der Waals surface area (Å²) in [6.07, 6.45) is 1.91. The van der Waals surface area contributed by atoms with Crippen LogP contribution in [0.3, 0.4) is 0 Å². The molecule has 0 radical (unpaired) electrons. The predicted molar refractivity (Wildman–Crippen MR) is 96.2 cm³/mol. The number of benzene rings is 1. The molecule has 0 spiro atoms. The summed E-state index contributed by atoms with van der Waals surface area (Å²) in [4.78, 5) is 18.4. The summed E-state index contributed by atoms with van der Waals surface area (Å²) in [5, 5.41) is 4.51. The van der Waals surface area contributed by atoms with Gasteiger partial charge in [-0.25, -0.2) is 4.39 Å². The number of aromatic nitrogens is 2. The van der Waals surface area contributed by atoms with Gasteiger partial charge >= 0.3 is 0 Å². The molecule has 1 amide bonds. The highest BCUT2D eigenvalue weighted by molar-refractivity contribution is 6.31. The van der Waals surface area contributed by atoms with Crippen molar-refractivity contribution >= 4 is 17.5 Å². The van der Waals surface area contributed by atoms with E-state index in [0.29, 0.717) is 30.6 Å². The summed E-state index contributed by atoms with van der Waals surface area (Å²) in [5.41, 5.74) is -1.06. The van der Waals surface area contributed by atoms with Crippen LogP contribution in [0.1, 0.15) is 42.5 Å². The fourth-order valence-corrected chi connectivity index (χ4v) is 3.82. The molecule has 0 bridgehead atoms. The highest BCUT2D eigenvalue weighted by Crippen LogP contribution is 2.36. The van der Waals surface area contributed by atoms with Gasteiger partial charge in [0.25, 0.3) is 5.89 Å². The van der Waals surface area contributed by atoms with Crippen molar-refractivity contribution in [2.24, 2.45) is 0 Å².